The Labute approximate surface area is 147 Å². The number of benzene rings is 1. The summed E-state index contributed by atoms with van der Waals surface area (Å²) in [6.07, 6.45) is 4.75. The van der Waals surface area contributed by atoms with Gasteiger partial charge in [-0.2, -0.15) is 0 Å². The van der Waals surface area contributed by atoms with Crippen LogP contribution in [0.3, 0.4) is 0 Å². The number of hydrogen-bond acceptors (Lipinski definition) is 1. The number of aryl methyl sites for hydroxylation is 1. The molecule has 0 amide bonds. The molecule has 2 aromatic rings. The molecule has 1 atom stereocenters. The molecule has 0 N–H and O–H groups in total. The van der Waals surface area contributed by atoms with Crippen molar-refractivity contribution < 1.29 is 0 Å². The third-order valence-electron chi connectivity index (χ3n) is 5.27. The van der Waals surface area contributed by atoms with Crippen molar-refractivity contribution in [1.29, 1.82) is 0 Å². The molecular formula is C22H32N2. The largest absolute Gasteiger partial charge is 0.350 e. The van der Waals surface area contributed by atoms with Gasteiger partial charge in [0.05, 0.1) is 6.04 Å². The van der Waals surface area contributed by atoms with Crippen LogP contribution in [0, 0.1) is 5.92 Å². The van der Waals surface area contributed by atoms with Gasteiger partial charge in [-0.1, -0.05) is 52.0 Å². The highest BCUT2D eigenvalue weighted by Gasteiger charge is 2.27. The van der Waals surface area contributed by atoms with Gasteiger partial charge in [0.2, 0.25) is 0 Å². The molecule has 1 aliphatic heterocycles. The lowest BCUT2D eigenvalue weighted by Gasteiger charge is -2.31. The molecule has 24 heavy (non-hydrogen) atoms. The molecule has 2 nitrogen and oxygen atoms in total. The lowest BCUT2D eigenvalue weighted by Crippen LogP contribution is -2.31. The summed E-state index contributed by atoms with van der Waals surface area (Å²) in [6, 6.07) is 14.3. The Morgan fingerprint density at radius 1 is 1.00 bits per heavy atom. The molecule has 1 aromatic heterocycles. The second-order valence-corrected chi connectivity index (χ2v) is 7.92. The maximum absolute atomic E-state index is 2.70. The van der Waals surface area contributed by atoms with Gasteiger partial charge >= 0.3 is 0 Å². The van der Waals surface area contributed by atoms with Crippen LogP contribution in [-0.2, 0) is 6.54 Å². The van der Waals surface area contributed by atoms with Crippen LogP contribution in [-0.4, -0.2) is 22.6 Å². The molecule has 2 heterocycles. The van der Waals surface area contributed by atoms with Crippen molar-refractivity contribution in [1.82, 2.24) is 9.47 Å². The summed E-state index contributed by atoms with van der Waals surface area (Å²) in [4.78, 5) is 2.70. The van der Waals surface area contributed by atoms with Crippen LogP contribution in [0.4, 0.5) is 0 Å². The van der Waals surface area contributed by atoms with Crippen molar-refractivity contribution in [2.24, 2.45) is 5.92 Å². The molecule has 0 spiro atoms. The third kappa shape index (κ3) is 3.75. The third-order valence-corrected chi connectivity index (χ3v) is 5.27. The van der Waals surface area contributed by atoms with Crippen LogP contribution in [0.2, 0.25) is 0 Å². The van der Waals surface area contributed by atoms with Crippen LogP contribution in [0.1, 0.15) is 69.3 Å². The Bertz CT molecular complexity index is 636. The molecular weight excluding hydrogens is 292 g/mol. The lowest BCUT2D eigenvalue weighted by atomic mass is 9.96. The van der Waals surface area contributed by atoms with Crippen molar-refractivity contribution >= 4 is 0 Å². The van der Waals surface area contributed by atoms with E-state index < -0.39 is 0 Å². The Kier molecular flexibility index (Phi) is 5.45. The summed E-state index contributed by atoms with van der Waals surface area (Å²) in [6.45, 7) is 12.7. The number of fused-ring (bicyclic) bond motifs is 1. The molecule has 0 radical (unpaired) electrons. The topological polar surface area (TPSA) is 8.17 Å². The fourth-order valence-electron chi connectivity index (χ4n) is 3.75. The van der Waals surface area contributed by atoms with Gasteiger partial charge in [-0.05, 0) is 54.5 Å². The van der Waals surface area contributed by atoms with Gasteiger partial charge in [-0.3, -0.25) is 4.90 Å². The summed E-state index contributed by atoms with van der Waals surface area (Å²) < 4.78 is 2.45. The number of aromatic nitrogens is 1. The molecule has 0 bridgehead atoms. The Balaban J connectivity index is 1.94. The summed E-state index contributed by atoms with van der Waals surface area (Å²) in [7, 11) is 0. The van der Waals surface area contributed by atoms with Gasteiger partial charge in [-0.25, -0.2) is 0 Å². The van der Waals surface area contributed by atoms with Crippen LogP contribution in [0.5, 0.6) is 0 Å². The average Bonchev–Trinajstić information content (AvgIpc) is 2.94. The second-order valence-electron chi connectivity index (χ2n) is 7.92. The molecule has 130 valence electrons. The maximum Gasteiger partial charge on any atom is 0.0756 e. The standard InChI is InChI=1S/C22H32N2/c1-17(2)12-16-24-15-6-14-23-13-5-7-21(23)22(24)20-10-8-19(9-11-20)18(3)4/h5,7-11,13,17-18,22H,6,12,14-16H2,1-4H3/t22-/m0/s1. The highest BCUT2D eigenvalue weighted by atomic mass is 15.2. The van der Waals surface area contributed by atoms with E-state index in [1.54, 1.807) is 0 Å². The van der Waals surface area contributed by atoms with E-state index in [0.717, 1.165) is 12.5 Å². The fraction of sp³-hybridized carbons (Fsp3) is 0.545. The summed E-state index contributed by atoms with van der Waals surface area (Å²) >= 11 is 0. The Hall–Kier alpha value is -1.54. The SMILES string of the molecule is CC(C)CCN1CCCn2cccc2[C@@H]1c1ccc(C(C)C)cc1. The molecule has 3 rings (SSSR count). The minimum atomic E-state index is 0.391. The van der Waals surface area contributed by atoms with Gasteiger partial charge in [-0.15, -0.1) is 0 Å². The predicted octanol–water partition coefficient (Wildman–Crippen LogP) is 5.45. The van der Waals surface area contributed by atoms with E-state index in [9.17, 15) is 0 Å². The van der Waals surface area contributed by atoms with Crippen molar-refractivity contribution in [3.05, 3.63) is 59.4 Å². The lowest BCUT2D eigenvalue weighted by molar-refractivity contribution is 0.216. The zero-order chi connectivity index (χ0) is 17.1. The van der Waals surface area contributed by atoms with E-state index in [2.05, 4.69) is 79.8 Å². The average molecular weight is 325 g/mol. The van der Waals surface area contributed by atoms with Crippen molar-refractivity contribution in [3.63, 3.8) is 0 Å². The zero-order valence-corrected chi connectivity index (χ0v) is 15.7. The van der Waals surface area contributed by atoms with E-state index in [1.165, 1.54) is 42.8 Å². The Morgan fingerprint density at radius 3 is 2.42 bits per heavy atom. The maximum atomic E-state index is 2.70. The van der Waals surface area contributed by atoms with E-state index in [1.807, 2.05) is 0 Å². The molecule has 0 saturated heterocycles. The van der Waals surface area contributed by atoms with Gasteiger partial charge in [0.25, 0.3) is 0 Å². The minimum absolute atomic E-state index is 0.391. The van der Waals surface area contributed by atoms with Crippen molar-refractivity contribution in [2.75, 3.05) is 13.1 Å². The first-order chi connectivity index (χ1) is 11.6. The number of hydrogen-bond donors (Lipinski definition) is 0. The van der Waals surface area contributed by atoms with E-state index in [4.69, 9.17) is 0 Å². The van der Waals surface area contributed by atoms with Gasteiger partial charge in [0.15, 0.2) is 0 Å². The Morgan fingerprint density at radius 2 is 1.75 bits per heavy atom. The molecule has 1 aliphatic rings. The normalized spacial score (nSPS) is 18.8. The van der Waals surface area contributed by atoms with E-state index >= 15 is 0 Å². The molecule has 0 aliphatic carbocycles. The van der Waals surface area contributed by atoms with Crippen molar-refractivity contribution in [3.8, 4) is 0 Å². The first-order valence-electron chi connectivity index (χ1n) is 9.55. The first kappa shape index (κ1) is 17.3. The zero-order valence-electron chi connectivity index (χ0n) is 15.7. The van der Waals surface area contributed by atoms with E-state index in [-0.39, 0.29) is 0 Å². The van der Waals surface area contributed by atoms with Crippen LogP contribution < -0.4 is 0 Å². The number of nitrogens with zero attached hydrogens (tertiary/aromatic N) is 2. The fourth-order valence-corrected chi connectivity index (χ4v) is 3.75. The van der Waals surface area contributed by atoms with Crippen LogP contribution >= 0.6 is 0 Å². The molecule has 0 saturated carbocycles. The van der Waals surface area contributed by atoms with Gasteiger partial charge in [0.1, 0.15) is 0 Å². The van der Waals surface area contributed by atoms with Crippen LogP contribution in [0.25, 0.3) is 0 Å². The molecule has 0 fully saturated rings. The molecule has 2 heteroatoms. The predicted molar refractivity (Wildman–Crippen MR) is 102 cm³/mol. The second kappa shape index (κ2) is 7.57. The summed E-state index contributed by atoms with van der Waals surface area (Å²) in [5.74, 6) is 1.35. The van der Waals surface area contributed by atoms with Crippen LogP contribution in [0.15, 0.2) is 42.6 Å². The van der Waals surface area contributed by atoms with Gasteiger partial charge in [0, 0.05) is 25.0 Å². The quantitative estimate of drug-likeness (QED) is 0.709. The van der Waals surface area contributed by atoms with E-state index in [0.29, 0.717) is 12.0 Å². The highest BCUT2D eigenvalue weighted by Crippen LogP contribution is 2.33. The number of rotatable bonds is 5. The highest BCUT2D eigenvalue weighted by molar-refractivity contribution is 5.33. The van der Waals surface area contributed by atoms with Gasteiger partial charge < -0.3 is 4.57 Å². The van der Waals surface area contributed by atoms with Crippen molar-refractivity contribution in [2.45, 2.75) is 59.0 Å². The molecule has 1 aromatic carbocycles. The summed E-state index contributed by atoms with van der Waals surface area (Å²) in [5.41, 5.74) is 4.31. The molecule has 0 unspecified atom stereocenters. The minimum Gasteiger partial charge on any atom is -0.350 e. The summed E-state index contributed by atoms with van der Waals surface area (Å²) in [5, 5.41) is 0. The first-order valence-corrected chi connectivity index (χ1v) is 9.55. The monoisotopic (exact) mass is 324 g/mol. The smallest absolute Gasteiger partial charge is 0.0756 e.